The van der Waals surface area contributed by atoms with Crippen LogP contribution in [-0.4, -0.2) is 28.9 Å². The molecule has 11 aromatic heterocycles. The summed E-state index contributed by atoms with van der Waals surface area (Å²) in [6.07, 6.45) is 13.2. The van der Waals surface area contributed by atoms with Crippen molar-refractivity contribution in [2.75, 3.05) is 0 Å². The van der Waals surface area contributed by atoms with Gasteiger partial charge in [0, 0.05) is 112 Å². The van der Waals surface area contributed by atoms with E-state index < -0.39 is 11.3 Å². The van der Waals surface area contributed by atoms with Crippen molar-refractivity contribution in [3.8, 4) is 10.4 Å². The lowest BCUT2D eigenvalue weighted by molar-refractivity contribution is 0.100. The first-order valence-electron chi connectivity index (χ1n) is 46.4. The van der Waals surface area contributed by atoms with Crippen LogP contribution in [0.2, 0.25) is 0 Å². The van der Waals surface area contributed by atoms with Crippen molar-refractivity contribution in [2.45, 2.75) is 110 Å². The predicted octanol–water partition coefficient (Wildman–Crippen LogP) is 28.1. The van der Waals surface area contributed by atoms with Crippen LogP contribution >= 0.6 is 11.3 Å². The molecule has 22 aromatic rings. The van der Waals surface area contributed by atoms with Gasteiger partial charge < -0.3 is 44.2 Å². The third-order valence-electron chi connectivity index (χ3n) is 26.5. The van der Waals surface area contributed by atoms with Gasteiger partial charge in [0.25, 0.3) is 0 Å². The molecule has 21 heteroatoms. The molecule has 0 bridgehead atoms. The van der Waals surface area contributed by atoms with Crippen LogP contribution in [0.25, 0.3) is 132 Å². The fourth-order valence-electron chi connectivity index (χ4n) is 19.3. The number of hydrogen-bond donors (Lipinski definition) is 0. The third kappa shape index (κ3) is 17.0. The SMILES string of the molecule is Cc1cc(=O)oc2c1ccc1oc(C(=O)c3ccccc3)c(-c3cccs3)c12.Cc1cc(=O)oc2c1ccc1oc(C(=O)c3ccccc3)c(/C=C/c3ccccc3)c12.Cc1cc(=O)oc2c1ccc1oc(C(=O)c3ccccc3)c(C3CC3)c12.Cc1cc(=O)oc2c1ccc1oc(C(=O)c3ccccc3)c(C3CCC3)c12.Cc1cc(=O)oc2c1ccc1oc(C(=O)c3ccccc3)c(C3CCCC3)c12. The van der Waals surface area contributed by atoms with Crippen LogP contribution in [0.5, 0.6) is 0 Å². The monoisotopic (exact) mass is 1870 g/mol. The molecule has 3 aliphatic rings. The van der Waals surface area contributed by atoms with E-state index in [2.05, 4.69) is 0 Å². The van der Waals surface area contributed by atoms with Crippen LogP contribution in [0.3, 0.4) is 0 Å². The maximum atomic E-state index is 13.3. The number of fused-ring (bicyclic) bond motifs is 15. The number of furan rings is 5. The summed E-state index contributed by atoms with van der Waals surface area (Å²) in [5.74, 6) is 1.53. The lowest BCUT2D eigenvalue weighted by Gasteiger charge is -2.25. The van der Waals surface area contributed by atoms with Gasteiger partial charge in [0.05, 0.1) is 32.5 Å². The molecule has 3 fully saturated rings. The highest BCUT2D eigenvalue weighted by atomic mass is 32.1. The lowest BCUT2D eigenvalue weighted by atomic mass is 9.78. The number of carbonyl (C=O) groups is 5. The smallest absolute Gasteiger partial charge is 0.336 e. The molecule has 11 heterocycles. The molecule has 0 aliphatic heterocycles. The van der Waals surface area contributed by atoms with Gasteiger partial charge in [0.1, 0.15) is 55.8 Å². The number of ketones is 5. The zero-order valence-electron chi connectivity index (χ0n) is 76.5. The Labute approximate surface area is 800 Å². The maximum Gasteiger partial charge on any atom is 0.336 e. The standard InChI is InChI=1S/C27H18O4.C24H20O4.C23H14O4S.C23H18O4.C22H16O4/c1-17-16-23(28)31-26-20(17)14-15-22-24(26)21(13-12-18-8-4-2-5-9-18)27(30-22)25(29)19-10-6-3-7-11-19;1-14-13-19(25)28-23-17(14)11-12-18-21(23)20(15-7-5-6-8-15)24(27-18)22(26)16-9-3-2-4-10-16;1-13-12-18(24)27-22-15(13)9-10-16-19(22)20(17-8-5-11-28-17)23(26-16)21(25)14-6-3-2-4-7-14;1-13-12-18(24)27-22-16(13)10-11-17-20(22)19(14-8-5-9-14)23(26-17)21(25)15-6-3-2-4-7-15;1-12-11-17(23)26-21-15(12)9-10-16-19(21)18(13-7-8-13)22(25-16)20(24)14-5-3-2-4-6-14/h2-16H,1H3;2-4,9-13,15H,5-8H2,1H3;2-12H,1H3;2-4,6-7,10-12,14H,5,8-9H2,1H3;2-6,9-11,13H,7-8H2,1H3/b13-12+;;;;. The Hall–Kier alpha value is -17.0. The second-order valence-electron chi connectivity index (χ2n) is 35.6. The number of rotatable bonds is 16. The van der Waals surface area contributed by atoms with Crippen LogP contribution in [-0.2, 0) is 0 Å². The largest absolute Gasteiger partial charge is 0.452 e. The summed E-state index contributed by atoms with van der Waals surface area (Å²) >= 11 is 1.51. The lowest BCUT2D eigenvalue weighted by Crippen LogP contribution is -2.13. The number of hydrogen-bond acceptors (Lipinski definition) is 21. The normalized spacial score (nSPS) is 13.2. The van der Waals surface area contributed by atoms with E-state index in [0.717, 1.165) is 156 Å². The average molecular weight is 1870 g/mol. The number of carbonyl (C=O) groups excluding carboxylic acids is 5. The summed E-state index contributed by atoms with van der Waals surface area (Å²) in [7, 11) is 0. The van der Waals surface area contributed by atoms with Crippen LogP contribution in [0.4, 0.5) is 0 Å². The van der Waals surface area contributed by atoms with Gasteiger partial charge in [0.2, 0.25) is 28.9 Å². The number of benzene rings is 11. The summed E-state index contributed by atoms with van der Waals surface area (Å²) < 4.78 is 58.1. The Morgan fingerprint density at radius 1 is 0.264 bits per heavy atom. The first-order chi connectivity index (χ1) is 68.1. The van der Waals surface area contributed by atoms with Crippen molar-refractivity contribution in [1.82, 2.24) is 0 Å². The van der Waals surface area contributed by atoms with Crippen LogP contribution in [0.1, 0.15) is 212 Å². The minimum atomic E-state index is -0.437. The second-order valence-corrected chi connectivity index (χ2v) is 36.5. The van der Waals surface area contributed by atoms with Gasteiger partial charge in [-0.15, -0.1) is 11.3 Å². The molecule has 20 nitrogen and oxygen atoms in total. The Morgan fingerprint density at radius 2 is 0.536 bits per heavy atom. The van der Waals surface area contributed by atoms with Crippen molar-refractivity contribution in [3.63, 3.8) is 0 Å². The molecule has 140 heavy (non-hydrogen) atoms. The maximum absolute atomic E-state index is 13.3. The van der Waals surface area contributed by atoms with Gasteiger partial charge >= 0.3 is 28.1 Å². The number of thiophene rings is 1. The molecule has 11 aromatic carbocycles. The molecule has 0 atom stereocenters. The van der Waals surface area contributed by atoms with Gasteiger partial charge in [-0.05, 0) is 202 Å². The van der Waals surface area contributed by atoms with Crippen LogP contribution < -0.4 is 28.1 Å². The van der Waals surface area contributed by atoms with E-state index in [1.165, 1.54) is 41.7 Å². The molecule has 0 amide bonds. The molecule has 3 saturated carbocycles. The summed E-state index contributed by atoms with van der Waals surface area (Å²) in [6, 6.07) is 85.1. The fourth-order valence-corrected chi connectivity index (χ4v) is 20.1. The molecule has 0 unspecified atom stereocenters. The van der Waals surface area contributed by atoms with Crippen molar-refractivity contribution in [1.29, 1.82) is 0 Å². The second kappa shape index (κ2) is 37.6. The third-order valence-corrected chi connectivity index (χ3v) is 27.4. The minimum absolute atomic E-state index is 0.123. The summed E-state index contributed by atoms with van der Waals surface area (Å²) in [6.45, 7) is 9.41. The van der Waals surface area contributed by atoms with Crippen LogP contribution in [0, 0.1) is 34.6 Å². The molecule has 688 valence electrons. The van der Waals surface area contributed by atoms with Crippen LogP contribution in [0.15, 0.2) is 359 Å². The highest BCUT2D eigenvalue weighted by molar-refractivity contribution is 7.13. The van der Waals surface area contributed by atoms with Crippen molar-refractivity contribution in [2.24, 2.45) is 0 Å². The van der Waals surface area contributed by atoms with E-state index >= 15 is 0 Å². The molecule has 3 aliphatic carbocycles. The molecular weight excluding hydrogens is 1780 g/mol. The molecule has 0 radical (unpaired) electrons. The van der Waals surface area contributed by atoms with Gasteiger partial charge in [-0.1, -0.05) is 213 Å². The van der Waals surface area contributed by atoms with Crippen molar-refractivity contribution >= 4 is 162 Å². The topological polar surface area (TPSA) is 302 Å². The summed E-state index contributed by atoms with van der Waals surface area (Å²) in [5.41, 5.74) is 15.2. The fraction of sp³-hybridized carbons (Fsp3) is 0.143. The zero-order valence-corrected chi connectivity index (χ0v) is 77.4. The number of aryl methyl sites for hydroxylation is 5. The summed E-state index contributed by atoms with van der Waals surface area (Å²) in [5, 5.41) is 9.80. The quantitative estimate of drug-likeness (QED) is 0.0641. The van der Waals surface area contributed by atoms with Gasteiger partial charge in [0.15, 0.2) is 28.8 Å². The van der Waals surface area contributed by atoms with Crippen molar-refractivity contribution in [3.05, 3.63) is 455 Å². The first kappa shape index (κ1) is 89.5. The Morgan fingerprint density at radius 3 is 0.850 bits per heavy atom. The molecule has 0 spiro atoms. The highest BCUT2D eigenvalue weighted by Gasteiger charge is 2.38. The minimum Gasteiger partial charge on any atom is -0.452 e. The van der Waals surface area contributed by atoms with E-state index in [1.54, 1.807) is 60.7 Å². The Kier molecular flexibility index (Phi) is 24.0. The predicted molar refractivity (Wildman–Crippen MR) is 543 cm³/mol. The van der Waals surface area contributed by atoms with Crippen molar-refractivity contribution < 1.29 is 68.1 Å². The molecule has 0 N–H and O–H groups in total. The summed E-state index contributed by atoms with van der Waals surface area (Å²) in [4.78, 5) is 127. The van der Waals surface area contributed by atoms with Gasteiger partial charge in [-0.3, -0.25) is 24.0 Å². The van der Waals surface area contributed by atoms with E-state index in [4.69, 9.17) is 44.2 Å². The average Bonchev–Trinajstić information content (AvgIpc) is 1.58. The van der Waals surface area contributed by atoms with Gasteiger partial charge in [-0.2, -0.15) is 0 Å². The van der Waals surface area contributed by atoms with E-state index in [0.29, 0.717) is 123 Å². The molecule has 0 saturated heterocycles. The Bertz CT molecular complexity index is 9050. The van der Waals surface area contributed by atoms with E-state index in [-0.39, 0.29) is 75.1 Å². The van der Waals surface area contributed by atoms with Gasteiger partial charge in [-0.25, -0.2) is 24.0 Å². The molecule has 25 rings (SSSR count). The van der Waals surface area contributed by atoms with E-state index in [1.807, 2.05) is 246 Å². The first-order valence-corrected chi connectivity index (χ1v) is 47.3. The van der Waals surface area contributed by atoms with E-state index in [9.17, 15) is 47.9 Å². The Balaban J connectivity index is 0.000000104. The zero-order chi connectivity index (χ0) is 96.3. The highest BCUT2D eigenvalue weighted by Crippen LogP contribution is 2.51. The molecular formula is C119H86O20S.